The Balaban J connectivity index is 1.80. The van der Waals surface area contributed by atoms with Crippen LogP contribution in [0.4, 0.5) is 0 Å². The number of nitrogens with zero attached hydrogens (tertiary/aromatic N) is 1. The molecule has 206 valence electrons. The van der Waals surface area contributed by atoms with E-state index < -0.39 is 23.8 Å². The van der Waals surface area contributed by atoms with Crippen LogP contribution in [0.25, 0.3) is 0 Å². The van der Waals surface area contributed by atoms with Gasteiger partial charge in [0.15, 0.2) is 28.8 Å². The molecule has 0 fully saturated rings. The summed E-state index contributed by atoms with van der Waals surface area (Å²) in [6.07, 6.45) is 0.764. The number of esters is 2. The highest BCUT2D eigenvalue weighted by atomic mass is 16.6. The molecule has 2 aromatic rings. The van der Waals surface area contributed by atoms with E-state index in [-0.39, 0.29) is 30.5 Å². The van der Waals surface area contributed by atoms with Crippen LogP contribution >= 0.6 is 0 Å². The number of hydrogen-bond donors (Lipinski definition) is 0. The zero-order valence-electron chi connectivity index (χ0n) is 23.0. The van der Waals surface area contributed by atoms with Crippen LogP contribution in [0.5, 0.6) is 23.0 Å². The van der Waals surface area contributed by atoms with Crippen molar-refractivity contribution in [2.45, 2.75) is 45.4 Å². The van der Waals surface area contributed by atoms with Crippen LogP contribution in [-0.4, -0.2) is 51.4 Å². The molecule has 9 nitrogen and oxygen atoms in total. The molecule has 0 saturated carbocycles. The van der Waals surface area contributed by atoms with Crippen molar-refractivity contribution in [1.29, 1.82) is 0 Å². The Kier molecular flexibility index (Phi) is 8.38. The fraction of sp³-hybridized carbons (Fsp3) is 0.400. The Hall–Kier alpha value is -4.14. The van der Waals surface area contributed by atoms with Gasteiger partial charge in [-0.1, -0.05) is 12.1 Å². The Morgan fingerprint density at radius 3 is 2.15 bits per heavy atom. The summed E-state index contributed by atoms with van der Waals surface area (Å²) in [7, 11) is 4.61. The molecule has 0 aromatic heterocycles. The third-order valence-electron chi connectivity index (χ3n) is 7.11. The monoisotopic (exact) mass is 535 g/mol. The number of Topliss-reactive ketones (excluding diaryl/α,β-unsaturated/α-hetero) is 1. The van der Waals surface area contributed by atoms with E-state index in [9.17, 15) is 14.4 Å². The summed E-state index contributed by atoms with van der Waals surface area (Å²) in [4.78, 5) is 43.4. The lowest BCUT2D eigenvalue weighted by Gasteiger charge is -2.36. The number of rotatable bonds is 8. The van der Waals surface area contributed by atoms with Gasteiger partial charge in [0, 0.05) is 36.2 Å². The normalized spacial score (nSPS) is 20.5. The van der Waals surface area contributed by atoms with Crippen LogP contribution in [0.1, 0.15) is 56.6 Å². The average molecular weight is 536 g/mol. The molecular weight excluding hydrogens is 502 g/mol. The fourth-order valence-corrected chi connectivity index (χ4v) is 5.42. The molecule has 1 heterocycles. The molecule has 0 radical (unpaired) electrons. The molecule has 2 aromatic carbocycles. The second-order valence-electron chi connectivity index (χ2n) is 9.47. The maximum Gasteiger partial charge on any atom is 0.315 e. The molecule has 4 rings (SSSR count). The van der Waals surface area contributed by atoms with Crippen LogP contribution in [0, 0.1) is 5.92 Å². The number of ketones is 1. The molecule has 0 saturated heterocycles. The van der Waals surface area contributed by atoms with Gasteiger partial charge in [-0.15, -0.1) is 0 Å². The standard InChI is InChI=1S/C30H33NO8/c1-7-38-30(34)27-16(2)31-21-12-20(18-8-10-23(35-4)25(14-18)36-5)13-22(33)29(21)28(27)19-9-11-24(39-17(3)32)26(15-19)37-6/h8-11,14-15,20,27-28H,7,12-13H2,1-6H3/t20-,27?,28+/m0/s1. The van der Waals surface area contributed by atoms with Crippen LogP contribution in [0.3, 0.4) is 0 Å². The molecular formula is C30H33NO8. The molecule has 3 atom stereocenters. The average Bonchev–Trinajstić information content (AvgIpc) is 2.91. The molecule has 2 aliphatic rings. The minimum Gasteiger partial charge on any atom is -0.493 e. The third kappa shape index (κ3) is 5.53. The summed E-state index contributed by atoms with van der Waals surface area (Å²) in [6, 6.07) is 10.7. The summed E-state index contributed by atoms with van der Waals surface area (Å²) in [5.41, 5.74) is 3.33. The summed E-state index contributed by atoms with van der Waals surface area (Å²) in [5.74, 6) is -0.787. The first-order valence-electron chi connectivity index (χ1n) is 12.8. The summed E-state index contributed by atoms with van der Waals surface area (Å²) >= 11 is 0. The van der Waals surface area contributed by atoms with Crippen molar-refractivity contribution >= 4 is 23.4 Å². The predicted octanol–water partition coefficient (Wildman–Crippen LogP) is 4.78. The van der Waals surface area contributed by atoms with Gasteiger partial charge in [0.05, 0.1) is 27.9 Å². The Bertz CT molecular complexity index is 1360. The van der Waals surface area contributed by atoms with E-state index in [1.807, 2.05) is 18.2 Å². The number of ether oxygens (including phenoxy) is 5. The van der Waals surface area contributed by atoms with E-state index in [4.69, 9.17) is 28.7 Å². The Labute approximate surface area is 227 Å². The van der Waals surface area contributed by atoms with Gasteiger partial charge in [-0.05, 0) is 61.6 Å². The van der Waals surface area contributed by atoms with Crippen molar-refractivity contribution in [3.05, 3.63) is 58.8 Å². The highest BCUT2D eigenvalue weighted by Gasteiger charge is 2.45. The van der Waals surface area contributed by atoms with Gasteiger partial charge < -0.3 is 23.7 Å². The number of carbonyl (C=O) groups is 3. The summed E-state index contributed by atoms with van der Waals surface area (Å²) in [6.45, 7) is 5.03. The molecule has 0 N–H and O–H groups in total. The van der Waals surface area contributed by atoms with Gasteiger partial charge in [-0.2, -0.15) is 0 Å². The number of aliphatic imine (C=N–C) groups is 1. The van der Waals surface area contributed by atoms with E-state index in [1.165, 1.54) is 14.0 Å². The lowest BCUT2D eigenvalue weighted by Crippen LogP contribution is -2.38. The first-order chi connectivity index (χ1) is 18.7. The smallest absolute Gasteiger partial charge is 0.315 e. The first kappa shape index (κ1) is 27.9. The topological polar surface area (TPSA) is 110 Å². The van der Waals surface area contributed by atoms with Crippen molar-refractivity contribution in [3.8, 4) is 23.0 Å². The summed E-state index contributed by atoms with van der Waals surface area (Å²) < 4.78 is 27.0. The van der Waals surface area contributed by atoms with Crippen LogP contribution in [-0.2, 0) is 19.1 Å². The van der Waals surface area contributed by atoms with Crippen molar-refractivity contribution in [1.82, 2.24) is 0 Å². The van der Waals surface area contributed by atoms with Gasteiger partial charge in [0.2, 0.25) is 0 Å². The SMILES string of the molecule is CCOC(=O)C1C(C)=NC2=C(C(=O)C[C@@H](c3ccc(OC)c(OC)c3)C2)[C@@H]1c1ccc(OC(C)=O)c(OC)c1. The van der Waals surface area contributed by atoms with E-state index in [1.54, 1.807) is 46.3 Å². The lowest BCUT2D eigenvalue weighted by molar-refractivity contribution is -0.146. The second-order valence-corrected chi connectivity index (χ2v) is 9.47. The minimum absolute atomic E-state index is 0.0883. The zero-order chi connectivity index (χ0) is 28.3. The van der Waals surface area contributed by atoms with Crippen molar-refractivity contribution in [2.75, 3.05) is 27.9 Å². The van der Waals surface area contributed by atoms with Gasteiger partial charge >= 0.3 is 11.9 Å². The van der Waals surface area contributed by atoms with Crippen LogP contribution < -0.4 is 18.9 Å². The molecule has 1 aliphatic heterocycles. The molecule has 0 amide bonds. The summed E-state index contributed by atoms with van der Waals surface area (Å²) in [5, 5.41) is 0. The maximum absolute atomic E-state index is 13.8. The molecule has 1 aliphatic carbocycles. The Morgan fingerprint density at radius 2 is 1.51 bits per heavy atom. The van der Waals surface area contributed by atoms with E-state index in [0.29, 0.717) is 46.2 Å². The second kappa shape index (κ2) is 11.7. The number of methoxy groups -OCH3 is 3. The van der Waals surface area contributed by atoms with Crippen LogP contribution in [0.2, 0.25) is 0 Å². The largest absolute Gasteiger partial charge is 0.493 e. The third-order valence-corrected chi connectivity index (χ3v) is 7.11. The lowest BCUT2D eigenvalue weighted by atomic mass is 9.69. The fourth-order valence-electron chi connectivity index (χ4n) is 5.42. The van der Waals surface area contributed by atoms with Crippen molar-refractivity contribution in [3.63, 3.8) is 0 Å². The molecule has 1 unspecified atom stereocenters. The van der Waals surface area contributed by atoms with Gasteiger partial charge in [-0.3, -0.25) is 19.4 Å². The van der Waals surface area contributed by atoms with Crippen molar-refractivity contribution in [2.24, 2.45) is 10.9 Å². The van der Waals surface area contributed by atoms with Gasteiger partial charge in [0.25, 0.3) is 0 Å². The first-order valence-corrected chi connectivity index (χ1v) is 12.8. The predicted molar refractivity (Wildman–Crippen MR) is 144 cm³/mol. The number of carbonyl (C=O) groups excluding carboxylic acids is 3. The van der Waals surface area contributed by atoms with E-state index in [0.717, 1.165) is 5.56 Å². The van der Waals surface area contributed by atoms with E-state index >= 15 is 0 Å². The van der Waals surface area contributed by atoms with E-state index in [2.05, 4.69) is 0 Å². The highest BCUT2D eigenvalue weighted by molar-refractivity contribution is 6.09. The quantitative estimate of drug-likeness (QED) is 0.351. The molecule has 9 heteroatoms. The number of allylic oxidation sites excluding steroid dienone is 2. The van der Waals surface area contributed by atoms with Gasteiger partial charge in [-0.25, -0.2) is 0 Å². The zero-order valence-corrected chi connectivity index (χ0v) is 23.0. The molecule has 39 heavy (non-hydrogen) atoms. The Morgan fingerprint density at radius 1 is 0.897 bits per heavy atom. The number of benzene rings is 2. The molecule has 0 bridgehead atoms. The van der Waals surface area contributed by atoms with Crippen molar-refractivity contribution < 1.29 is 38.1 Å². The highest BCUT2D eigenvalue weighted by Crippen LogP contribution is 2.48. The van der Waals surface area contributed by atoms with Gasteiger partial charge in [0.1, 0.15) is 5.92 Å². The number of hydrogen-bond acceptors (Lipinski definition) is 9. The maximum atomic E-state index is 13.8. The molecule has 0 spiro atoms. The van der Waals surface area contributed by atoms with Crippen LogP contribution in [0.15, 0.2) is 52.7 Å². The minimum atomic E-state index is -0.783.